The van der Waals surface area contributed by atoms with Crippen molar-refractivity contribution in [3.05, 3.63) is 35.6 Å². The molecule has 0 fully saturated rings. The Hall–Kier alpha value is -2.01. The van der Waals surface area contributed by atoms with Crippen LogP contribution < -0.4 is 10.6 Å². The molecule has 25 heavy (non-hydrogen) atoms. The molecule has 1 atom stereocenters. The third kappa shape index (κ3) is 5.49. The number of amides is 1. The third-order valence-electron chi connectivity index (χ3n) is 4.07. The summed E-state index contributed by atoms with van der Waals surface area (Å²) in [6.07, 6.45) is -0.377. The lowest BCUT2D eigenvalue weighted by atomic mass is 10.0. The Morgan fingerprint density at radius 2 is 1.92 bits per heavy atom. The SMILES string of the molecule is Cc1oc2ccccc2c1CNCC(NC(=O)OC(C)(C)C)C(C)C. The molecule has 2 aromatic rings. The molecule has 0 saturated heterocycles. The van der Waals surface area contributed by atoms with Crippen molar-refractivity contribution in [2.24, 2.45) is 5.92 Å². The first-order chi connectivity index (χ1) is 11.7. The van der Waals surface area contributed by atoms with Crippen molar-refractivity contribution < 1.29 is 13.9 Å². The number of rotatable bonds is 6. The van der Waals surface area contributed by atoms with Gasteiger partial charge in [-0.3, -0.25) is 0 Å². The molecule has 0 bridgehead atoms. The summed E-state index contributed by atoms with van der Waals surface area (Å²) in [6.45, 7) is 13.1. The van der Waals surface area contributed by atoms with Gasteiger partial charge in [-0.1, -0.05) is 32.0 Å². The lowest BCUT2D eigenvalue weighted by Crippen LogP contribution is -2.46. The lowest BCUT2D eigenvalue weighted by Gasteiger charge is -2.26. The number of nitrogens with one attached hydrogen (secondary N) is 2. The van der Waals surface area contributed by atoms with Gasteiger partial charge in [0.15, 0.2) is 0 Å². The van der Waals surface area contributed by atoms with Crippen LogP contribution in [-0.4, -0.2) is 24.3 Å². The maximum absolute atomic E-state index is 12.0. The number of furan rings is 1. The van der Waals surface area contributed by atoms with E-state index in [-0.39, 0.29) is 12.1 Å². The first-order valence-electron chi connectivity index (χ1n) is 8.84. The predicted molar refractivity (Wildman–Crippen MR) is 101 cm³/mol. The highest BCUT2D eigenvalue weighted by molar-refractivity contribution is 5.82. The Kier molecular flexibility index (Phi) is 6.11. The summed E-state index contributed by atoms with van der Waals surface area (Å²) in [7, 11) is 0. The molecule has 0 aliphatic heterocycles. The molecule has 138 valence electrons. The van der Waals surface area contributed by atoms with Crippen LogP contribution in [0.25, 0.3) is 11.0 Å². The largest absolute Gasteiger partial charge is 0.461 e. The number of fused-ring (bicyclic) bond motifs is 1. The summed E-state index contributed by atoms with van der Waals surface area (Å²) in [5, 5.41) is 7.53. The van der Waals surface area contributed by atoms with Gasteiger partial charge in [0, 0.05) is 30.1 Å². The molecule has 0 radical (unpaired) electrons. The number of hydrogen-bond donors (Lipinski definition) is 2. The van der Waals surface area contributed by atoms with Crippen molar-refractivity contribution in [2.45, 2.75) is 59.7 Å². The highest BCUT2D eigenvalue weighted by atomic mass is 16.6. The second-order valence-electron chi connectivity index (χ2n) is 7.76. The van der Waals surface area contributed by atoms with Gasteiger partial charge < -0.3 is 19.8 Å². The van der Waals surface area contributed by atoms with Gasteiger partial charge in [-0.25, -0.2) is 4.79 Å². The van der Waals surface area contributed by atoms with Gasteiger partial charge in [0.05, 0.1) is 0 Å². The molecule has 5 heteroatoms. The highest BCUT2D eigenvalue weighted by Crippen LogP contribution is 2.24. The van der Waals surface area contributed by atoms with Crippen molar-refractivity contribution in [2.75, 3.05) is 6.54 Å². The number of benzene rings is 1. The van der Waals surface area contributed by atoms with E-state index in [1.165, 1.54) is 0 Å². The van der Waals surface area contributed by atoms with Crippen molar-refractivity contribution in [3.8, 4) is 0 Å². The van der Waals surface area contributed by atoms with Gasteiger partial charge in [-0.05, 0) is 39.7 Å². The number of carbonyl (C=O) groups excluding carboxylic acids is 1. The zero-order valence-corrected chi connectivity index (χ0v) is 16.1. The molecule has 0 saturated carbocycles. The van der Waals surface area contributed by atoms with Gasteiger partial charge in [-0.2, -0.15) is 0 Å². The van der Waals surface area contributed by atoms with Gasteiger partial charge >= 0.3 is 6.09 Å². The van der Waals surface area contributed by atoms with Gasteiger partial charge in [-0.15, -0.1) is 0 Å². The topological polar surface area (TPSA) is 63.5 Å². The van der Waals surface area contributed by atoms with Crippen molar-refractivity contribution in [1.29, 1.82) is 0 Å². The molecule has 0 spiro atoms. The van der Waals surface area contributed by atoms with E-state index in [0.29, 0.717) is 19.0 Å². The minimum absolute atomic E-state index is 0.00618. The summed E-state index contributed by atoms with van der Waals surface area (Å²) in [4.78, 5) is 12.0. The summed E-state index contributed by atoms with van der Waals surface area (Å²) >= 11 is 0. The molecule has 1 unspecified atom stereocenters. The van der Waals surface area contributed by atoms with Crippen molar-refractivity contribution in [3.63, 3.8) is 0 Å². The second-order valence-corrected chi connectivity index (χ2v) is 7.76. The van der Waals surface area contributed by atoms with Crippen LogP contribution in [0.5, 0.6) is 0 Å². The number of carbonyl (C=O) groups is 1. The normalized spacial score (nSPS) is 13.2. The minimum atomic E-state index is -0.494. The van der Waals surface area contributed by atoms with Crippen LogP contribution in [0.1, 0.15) is 45.9 Å². The van der Waals surface area contributed by atoms with E-state index in [0.717, 1.165) is 22.3 Å². The fraction of sp³-hybridized carbons (Fsp3) is 0.550. The standard InChI is InChI=1S/C20H30N2O3/c1-13(2)17(22-19(23)25-20(4,5)6)12-21-11-16-14(3)24-18-10-8-7-9-15(16)18/h7-10,13,17,21H,11-12H2,1-6H3,(H,22,23). The fourth-order valence-electron chi connectivity index (χ4n) is 2.71. The molecule has 2 rings (SSSR count). The smallest absolute Gasteiger partial charge is 0.407 e. The van der Waals surface area contributed by atoms with Crippen LogP contribution in [-0.2, 0) is 11.3 Å². The Morgan fingerprint density at radius 3 is 2.56 bits per heavy atom. The van der Waals surface area contributed by atoms with Gasteiger partial charge in [0.1, 0.15) is 16.9 Å². The van der Waals surface area contributed by atoms with Gasteiger partial charge in [0.25, 0.3) is 0 Å². The van der Waals surface area contributed by atoms with E-state index in [9.17, 15) is 4.79 Å². The Labute approximate surface area is 150 Å². The third-order valence-corrected chi connectivity index (χ3v) is 4.07. The first-order valence-corrected chi connectivity index (χ1v) is 8.84. The molecule has 2 N–H and O–H groups in total. The zero-order chi connectivity index (χ0) is 18.6. The predicted octanol–water partition coefficient (Wildman–Crippen LogP) is 4.38. The molecule has 0 aliphatic rings. The van der Waals surface area contributed by atoms with E-state index >= 15 is 0 Å². The van der Waals surface area contributed by atoms with E-state index in [1.54, 1.807) is 0 Å². The van der Waals surface area contributed by atoms with E-state index < -0.39 is 5.60 Å². The Balaban J connectivity index is 1.95. The number of hydrogen-bond acceptors (Lipinski definition) is 4. The van der Waals surface area contributed by atoms with Crippen LogP contribution in [0.4, 0.5) is 4.79 Å². The minimum Gasteiger partial charge on any atom is -0.461 e. The van der Waals surface area contributed by atoms with E-state index in [4.69, 9.17) is 9.15 Å². The average molecular weight is 346 g/mol. The number of aryl methyl sites for hydroxylation is 1. The Morgan fingerprint density at radius 1 is 1.24 bits per heavy atom. The molecule has 1 amide bonds. The highest BCUT2D eigenvalue weighted by Gasteiger charge is 2.21. The van der Waals surface area contributed by atoms with Crippen molar-refractivity contribution >= 4 is 17.1 Å². The van der Waals surface area contributed by atoms with E-state index in [2.05, 4.69) is 30.5 Å². The summed E-state index contributed by atoms with van der Waals surface area (Å²) in [5.74, 6) is 1.22. The quantitative estimate of drug-likeness (QED) is 0.815. The maximum Gasteiger partial charge on any atom is 0.407 e. The lowest BCUT2D eigenvalue weighted by molar-refractivity contribution is 0.0490. The molecule has 1 aromatic carbocycles. The monoisotopic (exact) mass is 346 g/mol. The summed E-state index contributed by atoms with van der Waals surface area (Å²) < 4.78 is 11.1. The van der Waals surface area contributed by atoms with Crippen molar-refractivity contribution in [1.82, 2.24) is 10.6 Å². The average Bonchev–Trinajstić information content (AvgIpc) is 2.80. The Bertz CT molecular complexity index is 713. The summed E-state index contributed by atoms with van der Waals surface area (Å²) in [6, 6.07) is 8.03. The fourth-order valence-corrected chi connectivity index (χ4v) is 2.71. The zero-order valence-electron chi connectivity index (χ0n) is 16.1. The molecule has 1 aromatic heterocycles. The number of para-hydroxylation sites is 1. The van der Waals surface area contributed by atoms with Crippen LogP contribution >= 0.6 is 0 Å². The second kappa shape index (κ2) is 7.91. The number of alkyl carbamates (subject to hydrolysis) is 1. The molecule has 0 aliphatic carbocycles. The van der Waals surface area contributed by atoms with Crippen LogP contribution in [0, 0.1) is 12.8 Å². The molecule has 1 heterocycles. The summed E-state index contributed by atoms with van der Waals surface area (Å²) in [5.41, 5.74) is 1.57. The number of ether oxygens (including phenoxy) is 1. The maximum atomic E-state index is 12.0. The van der Waals surface area contributed by atoms with Crippen LogP contribution in [0.15, 0.2) is 28.7 Å². The first kappa shape index (κ1) is 19.3. The van der Waals surface area contributed by atoms with Crippen LogP contribution in [0.2, 0.25) is 0 Å². The molecular weight excluding hydrogens is 316 g/mol. The van der Waals surface area contributed by atoms with Crippen LogP contribution in [0.3, 0.4) is 0 Å². The molecule has 5 nitrogen and oxygen atoms in total. The molecular formula is C20H30N2O3. The van der Waals surface area contributed by atoms with E-state index in [1.807, 2.05) is 45.9 Å². The van der Waals surface area contributed by atoms with Gasteiger partial charge in [0.2, 0.25) is 0 Å².